The van der Waals surface area contributed by atoms with Gasteiger partial charge in [-0.05, 0) is 31.8 Å². The van der Waals surface area contributed by atoms with Gasteiger partial charge < -0.3 is 15.0 Å². The Bertz CT molecular complexity index is 337. The normalized spacial score (nSPS) is 10.1. The summed E-state index contributed by atoms with van der Waals surface area (Å²) >= 11 is 0. The van der Waals surface area contributed by atoms with E-state index in [2.05, 4.69) is 10.2 Å². The SMILES string of the molecule is COc1ccc(CN(C)C)cc1NC=O. The van der Waals surface area contributed by atoms with Crippen LogP contribution >= 0.6 is 0 Å². The molecule has 0 unspecified atom stereocenters. The molecule has 0 fully saturated rings. The van der Waals surface area contributed by atoms with Gasteiger partial charge in [0.2, 0.25) is 6.41 Å². The second-order valence-electron chi connectivity index (χ2n) is 3.53. The molecule has 0 spiro atoms. The predicted octanol–water partition coefficient (Wildman–Crippen LogP) is 1.33. The maximum Gasteiger partial charge on any atom is 0.211 e. The molecule has 82 valence electrons. The zero-order valence-electron chi connectivity index (χ0n) is 9.28. The summed E-state index contributed by atoms with van der Waals surface area (Å²) in [6, 6.07) is 5.74. The van der Waals surface area contributed by atoms with E-state index in [4.69, 9.17) is 4.74 Å². The Balaban J connectivity index is 2.93. The van der Waals surface area contributed by atoms with Gasteiger partial charge in [0.25, 0.3) is 0 Å². The van der Waals surface area contributed by atoms with Gasteiger partial charge in [0.1, 0.15) is 5.75 Å². The van der Waals surface area contributed by atoms with Crippen molar-refractivity contribution in [2.75, 3.05) is 26.5 Å². The van der Waals surface area contributed by atoms with E-state index in [0.717, 1.165) is 12.1 Å². The molecule has 0 aliphatic rings. The van der Waals surface area contributed by atoms with E-state index >= 15 is 0 Å². The molecule has 4 nitrogen and oxygen atoms in total. The van der Waals surface area contributed by atoms with Crippen molar-refractivity contribution in [1.82, 2.24) is 4.90 Å². The van der Waals surface area contributed by atoms with Crippen molar-refractivity contribution >= 4 is 12.1 Å². The molecule has 1 N–H and O–H groups in total. The highest BCUT2D eigenvalue weighted by Crippen LogP contribution is 2.25. The third kappa shape index (κ3) is 3.25. The highest BCUT2D eigenvalue weighted by molar-refractivity contribution is 5.75. The second-order valence-corrected chi connectivity index (χ2v) is 3.53. The van der Waals surface area contributed by atoms with Crippen molar-refractivity contribution in [1.29, 1.82) is 0 Å². The van der Waals surface area contributed by atoms with Gasteiger partial charge in [0.05, 0.1) is 12.8 Å². The lowest BCUT2D eigenvalue weighted by Crippen LogP contribution is -2.11. The predicted molar refractivity (Wildman–Crippen MR) is 60.1 cm³/mol. The standard InChI is InChI=1S/C11H16N2O2/c1-13(2)7-9-4-5-11(15-3)10(6-9)12-8-14/h4-6,8H,7H2,1-3H3,(H,12,14). The molecule has 0 atom stereocenters. The number of ether oxygens (including phenoxy) is 1. The fourth-order valence-electron chi connectivity index (χ4n) is 1.39. The number of methoxy groups -OCH3 is 1. The average molecular weight is 208 g/mol. The van der Waals surface area contributed by atoms with Gasteiger partial charge in [-0.1, -0.05) is 6.07 Å². The molecule has 0 aliphatic carbocycles. The van der Waals surface area contributed by atoms with Gasteiger partial charge in [-0.25, -0.2) is 0 Å². The van der Waals surface area contributed by atoms with Crippen molar-refractivity contribution in [2.45, 2.75) is 6.54 Å². The summed E-state index contributed by atoms with van der Waals surface area (Å²) in [5, 5.41) is 2.62. The van der Waals surface area contributed by atoms with Crippen LogP contribution in [0.3, 0.4) is 0 Å². The maximum atomic E-state index is 10.4. The van der Waals surface area contributed by atoms with Crippen LogP contribution in [0.1, 0.15) is 5.56 Å². The number of hydrogen-bond donors (Lipinski definition) is 1. The fourth-order valence-corrected chi connectivity index (χ4v) is 1.39. The molecule has 0 aliphatic heterocycles. The number of amides is 1. The molecule has 15 heavy (non-hydrogen) atoms. The highest BCUT2D eigenvalue weighted by atomic mass is 16.5. The van der Waals surface area contributed by atoms with Gasteiger partial charge in [-0.3, -0.25) is 4.79 Å². The lowest BCUT2D eigenvalue weighted by atomic mass is 10.2. The Kier molecular flexibility index (Phi) is 4.12. The average Bonchev–Trinajstić information content (AvgIpc) is 2.18. The van der Waals surface area contributed by atoms with Crippen LogP contribution in [-0.2, 0) is 11.3 Å². The molecule has 1 rings (SSSR count). The van der Waals surface area contributed by atoms with E-state index in [1.807, 2.05) is 32.3 Å². The largest absolute Gasteiger partial charge is 0.495 e. The van der Waals surface area contributed by atoms with Crippen LogP contribution in [-0.4, -0.2) is 32.5 Å². The minimum absolute atomic E-state index is 0.650. The van der Waals surface area contributed by atoms with E-state index in [1.165, 1.54) is 0 Å². The lowest BCUT2D eigenvalue weighted by molar-refractivity contribution is -0.105. The quantitative estimate of drug-likeness (QED) is 0.742. The summed E-state index contributed by atoms with van der Waals surface area (Å²) in [5.74, 6) is 0.671. The van der Waals surface area contributed by atoms with Crippen LogP contribution in [0.25, 0.3) is 0 Å². The van der Waals surface area contributed by atoms with Gasteiger partial charge >= 0.3 is 0 Å². The number of benzene rings is 1. The molecule has 0 aromatic heterocycles. The first kappa shape index (κ1) is 11.5. The second kappa shape index (κ2) is 5.36. The maximum absolute atomic E-state index is 10.4. The number of rotatable bonds is 5. The monoisotopic (exact) mass is 208 g/mol. The number of hydrogen-bond acceptors (Lipinski definition) is 3. The van der Waals surface area contributed by atoms with Gasteiger partial charge in [-0.15, -0.1) is 0 Å². The summed E-state index contributed by atoms with van der Waals surface area (Å²) < 4.78 is 5.12. The fraction of sp³-hybridized carbons (Fsp3) is 0.364. The molecule has 0 radical (unpaired) electrons. The van der Waals surface area contributed by atoms with Crippen molar-refractivity contribution in [2.24, 2.45) is 0 Å². The molecular formula is C11H16N2O2. The summed E-state index contributed by atoms with van der Waals surface area (Å²) in [5.41, 5.74) is 1.83. The Morgan fingerprint density at radius 1 is 1.47 bits per heavy atom. The van der Waals surface area contributed by atoms with Crippen molar-refractivity contribution < 1.29 is 9.53 Å². The number of carbonyl (C=O) groups excluding carboxylic acids is 1. The van der Waals surface area contributed by atoms with E-state index in [-0.39, 0.29) is 0 Å². The van der Waals surface area contributed by atoms with Gasteiger partial charge in [-0.2, -0.15) is 0 Å². The van der Waals surface area contributed by atoms with Crippen molar-refractivity contribution in [3.63, 3.8) is 0 Å². The van der Waals surface area contributed by atoms with Crippen LogP contribution in [0.2, 0.25) is 0 Å². The van der Waals surface area contributed by atoms with Gasteiger partial charge in [0.15, 0.2) is 0 Å². The van der Waals surface area contributed by atoms with E-state index in [0.29, 0.717) is 17.8 Å². The van der Waals surface area contributed by atoms with Crippen LogP contribution in [0, 0.1) is 0 Å². The zero-order valence-corrected chi connectivity index (χ0v) is 9.28. The Morgan fingerprint density at radius 2 is 2.20 bits per heavy atom. The Morgan fingerprint density at radius 3 is 2.73 bits per heavy atom. The number of carbonyl (C=O) groups is 1. The van der Waals surface area contributed by atoms with E-state index in [9.17, 15) is 4.79 Å². The first-order valence-electron chi connectivity index (χ1n) is 4.69. The molecule has 1 aromatic carbocycles. The van der Waals surface area contributed by atoms with Crippen LogP contribution in [0.4, 0.5) is 5.69 Å². The van der Waals surface area contributed by atoms with E-state index in [1.54, 1.807) is 7.11 Å². The molecule has 1 aromatic rings. The van der Waals surface area contributed by atoms with Crippen molar-refractivity contribution in [3.05, 3.63) is 23.8 Å². The molecular weight excluding hydrogens is 192 g/mol. The zero-order chi connectivity index (χ0) is 11.3. The Hall–Kier alpha value is -1.55. The molecule has 0 heterocycles. The topological polar surface area (TPSA) is 41.6 Å². The summed E-state index contributed by atoms with van der Waals surface area (Å²) in [4.78, 5) is 12.5. The van der Waals surface area contributed by atoms with Crippen LogP contribution in [0.5, 0.6) is 5.75 Å². The smallest absolute Gasteiger partial charge is 0.211 e. The van der Waals surface area contributed by atoms with Crippen LogP contribution < -0.4 is 10.1 Å². The Labute approximate surface area is 89.8 Å². The minimum Gasteiger partial charge on any atom is -0.495 e. The van der Waals surface area contributed by atoms with Crippen molar-refractivity contribution in [3.8, 4) is 5.75 Å². The first-order chi connectivity index (χ1) is 7.17. The third-order valence-electron chi connectivity index (χ3n) is 1.98. The molecule has 0 saturated carbocycles. The van der Waals surface area contributed by atoms with Gasteiger partial charge in [0, 0.05) is 6.54 Å². The highest BCUT2D eigenvalue weighted by Gasteiger charge is 2.04. The first-order valence-corrected chi connectivity index (χ1v) is 4.69. The minimum atomic E-state index is 0.650. The lowest BCUT2D eigenvalue weighted by Gasteiger charge is -2.12. The van der Waals surface area contributed by atoms with Crippen LogP contribution in [0.15, 0.2) is 18.2 Å². The summed E-state index contributed by atoms with van der Waals surface area (Å²) in [7, 11) is 5.57. The molecule has 4 heteroatoms. The molecule has 1 amide bonds. The molecule has 0 bridgehead atoms. The number of nitrogens with one attached hydrogen (secondary N) is 1. The summed E-state index contributed by atoms with van der Waals surface area (Å²) in [6.45, 7) is 0.831. The molecule has 0 saturated heterocycles. The van der Waals surface area contributed by atoms with E-state index < -0.39 is 0 Å². The number of nitrogens with zero attached hydrogens (tertiary/aromatic N) is 1. The summed E-state index contributed by atoms with van der Waals surface area (Å²) in [6.07, 6.45) is 0.650. The number of anilines is 1. The third-order valence-corrected chi connectivity index (χ3v) is 1.98.